The third kappa shape index (κ3) is 6.07. The van der Waals surface area contributed by atoms with Crippen LogP contribution in [0.5, 0.6) is 0 Å². The first-order valence-corrected chi connectivity index (χ1v) is 5.84. The molecule has 0 aromatic rings. The SMILES string of the molecule is CCOC(=O)CNC(=O)N(CC(=O)O)C(C)CC. The zero-order valence-electron chi connectivity index (χ0n) is 10.9. The molecule has 2 amide bonds. The number of rotatable bonds is 7. The molecule has 0 fully saturated rings. The van der Waals surface area contributed by atoms with Crippen molar-refractivity contribution < 1.29 is 24.2 Å². The standard InChI is InChI=1S/C11H20N2O5/c1-4-8(3)13(7-9(14)15)11(17)12-6-10(16)18-5-2/h8H,4-7H2,1-3H3,(H,12,17)(H,14,15). The lowest BCUT2D eigenvalue weighted by atomic mass is 10.2. The van der Waals surface area contributed by atoms with Gasteiger partial charge in [-0.25, -0.2) is 4.79 Å². The minimum atomic E-state index is -1.10. The Labute approximate surface area is 106 Å². The van der Waals surface area contributed by atoms with Crippen molar-refractivity contribution in [3.05, 3.63) is 0 Å². The molecule has 7 nitrogen and oxygen atoms in total. The van der Waals surface area contributed by atoms with Crippen LogP contribution in [0.1, 0.15) is 27.2 Å². The van der Waals surface area contributed by atoms with E-state index < -0.39 is 24.5 Å². The predicted molar refractivity (Wildman–Crippen MR) is 64.1 cm³/mol. The summed E-state index contributed by atoms with van der Waals surface area (Å²) in [5.74, 6) is -1.65. The van der Waals surface area contributed by atoms with Gasteiger partial charge in [-0.1, -0.05) is 6.92 Å². The highest BCUT2D eigenvalue weighted by Crippen LogP contribution is 2.03. The maximum atomic E-state index is 11.7. The predicted octanol–water partition coefficient (Wildman–Crippen LogP) is 0.444. The molecular weight excluding hydrogens is 240 g/mol. The van der Waals surface area contributed by atoms with Crippen molar-refractivity contribution in [3.8, 4) is 0 Å². The Morgan fingerprint density at radius 1 is 1.33 bits per heavy atom. The smallest absolute Gasteiger partial charge is 0.325 e. The van der Waals surface area contributed by atoms with Gasteiger partial charge in [-0.15, -0.1) is 0 Å². The first-order valence-electron chi connectivity index (χ1n) is 5.84. The van der Waals surface area contributed by atoms with E-state index in [2.05, 4.69) is 10.1 Å². The number of hydrogen-bond donors (Lipinski definition) is 2. The number of nitrogens with zero attached hydrogens (tertiary/aromatic N) is 1. The van der Waals surface area contributed by atoms with Crippen molar-refractivity contribution >= 4 is 18.0 Å². The van der Waals surface area contributed by atoms with Gasteiger partial charge in [-0.3, -0.25) is 9.59 Å². The lowest BCUT2D eigenvalue weighted by Gasteiger charge is -2.26. The number of esters is 1. The van der Waals surface area contributed by atoms with Crippen LogP contribution in [0.3, 0.4) is 0 Å². The van der Waals surface area contributed by atoms with Gasteiger partial charge in [0.15, 0.2) is 0 Å². The van der Waals surface area contributed by atoms with E-state index in [-0.39, 0.29) is 19.2 Å². The Hall–Kier alpha value is -1.79. The lowest BCUT2D eigenvalue weighted by Crippen LogP contribution is -2.48. The molecule has 0 aliphatic carbocycles. The van der Waals surface area contributed by atoms with Crippen molar-refractivity contribution in [2.24, 2.45) is 0 Å². The summed E-state index contributed by atoms with van der Waals surface area (Å²) >= 11 is 0. The zero-order valence-corrected chi connectivity index (χ0v) is 10.9. The fourth-order valence-electron chi connectivity index (χ4n) is 1.26. The summed E-state index contributed by atoms with van der Waals surface area (Å²) in [5.41, 5.74) is 0. The number of amides is 2. The third-order valence-electron chi connectivity index (χ3n) is 2.38. The Morgan fingerprint density at radius 3 is 2.39 bits per heavy atom. The second-order valence-corrected chi connectivity index (χ2v) is 3.74. The van der Waals surface area contributed by atoms with Crippen LogP contribution in [0.2, 0.25) is 0 Å². The molecule has 2 N–H and O–H groups in total. The second kappa shape index (κ2) is 8.32. The quantitative estimate of drug-likeness (QED) is 0.648. The van der Waals surface area contributed by atoms with Gasteiger partial charge < -0.3 is 20.1 Å². The van der Waals surface area contributed by atoms with Crippen LogP contribution >= 0.6 is 0 Å². The van der Waals surface area contributed by atoms with E-state index in [9.17, 15) is 14.4 Å². The van der Waals surface area contributed by atoms with Gasteiger partial charge in [0.05, 0.1) is 6.61 Å². The maximum Gasteiger partial charge on any atom is 0.325 e. The average Bonchev–Trinajstić information content (AvgIpc) is 2.32. The molecule has 0 aromatic heterocycles. The van der Waals surface area contributed by atoms with Crippen molar-refractivity contribution in [3.63, 3.8) is 0 Å². The van der Waals surface area contributed by atoms with Crippen LogP contribution in [-0.2, 0) is 14.3 Å². The zero-order chi connectivity index (χ0) is 14.1. The molecule has 0 spiro atoms. The molecule has 0 radical (unpaired) electrons. The monoisotopic (exact) mass is 260 g/mol. The normalized spacial score (nSPS) is 11.5. The number of carbonyl (C=O) groups excluding carboxylic acids is 2. The largest absolute Gasteiger partial charge is 0.480 e. The highest BCUT2D eigenvalue weighted by Gasteiger charge is 2.21. The van der Waals surface area contributed by atoms with Crippen molar-refractivity contribution in [2.45, 2.75) is 33.2 Å². The molecular formula is C11H20N2O5. The van der Waals surface area contributed by atoms with Gasteiger partial charge in [0.2, 0.25) is 0 Å². The fraction of sp³-hybridized carbons (Fsp3) is 0.727. The third-order valence-corrected chi connectivity index (χ3v) is 2.38. The van der Waals surface area contributed by atoms with E-state index >= 15 is 0 Å². The van der Waals surface area contributed by atoms with E-state index in [0.717, 1.165) is 0 Å². The molecule has 18 heavy (non-hydrogen) atoms. The molecule has 1 atom stereocenters. The Morgan fingerprint density at radius 2 is 1.94 bits per heavy atom. The Balaban J connectivity index is 4.38. The molecule has 0 rings (SSSR count). The summed E-state index contributed by atoms with van der Waals surface area (Å²) in [6.45, 7) is 4.82. The highest BCUT2D eigenvalue weighted by atomic mass is 16.5. The summed E-state index contributed by atoms with van der Waals surface area (Å²) in [6, 6.07) is -0.803. The highest BCUT2D eigenvalue weighted by molar-refractivity contribution is 5.83. The van der Waals surface area contributed by atoms with E-state index in [1.807, 2.05) is 6.92 Å². The van der Waals surface area contributed by atoms with Gasteiger partial charge in [-0.2, -0.15) is 0 Å². The minimum Gasteiger partial charge on any atom is -0.480 e. The van der Waals surface area contributed by atoms with Gasteiger partial charge >= 0.3 is 18.0 Å². The number of hydrogen-bond acceptors (Lipinski definition) is 4. The molecule has 0 bridgehead atoms. The number of urea groups is 1. The van der Waals surface area contributed by atoms with E-state index in [4.69, 9.17) is 5.11 Å². The average molecular weight is 260 g/mol. The number of carboxylic acids is 1. The van der Waals surface area contributed by atoms with Crippen LogP contribution < -0.4 is 5.32 Å². The number of carboxylic acid groups (broad SMARTS) is 1. The molecule has 0 saturated carbocycles. The Kier molecular flexibility index (Phi) is 7.50. The molecule has 1 unspecified atom stereocenters. The first-order chi connectivity index (χ1) is 8.42. The summed E-state index contributed by atoms with van der Waals surface area (Å²) in [7, 11) is 0. The molecule has 0 saturated heterocycles. The van der Waals surface area contributed by atoms with Gasteiger partial charge in [-0.05, 0) is 20.3 Å². The second-order valence-electron chi connectivity index (χ2n) is 3.74. The topological polar surface area (TPSA) is 95.9 Å². The van der Waals surface area contributed by atoms with Crippen molar-refractivity contribution in [2.75, 3.05) is 19.7 Å². The summed E-state index contributed by atoms with van der Waals surface area (Å²) in [5, 5.41) is 11.1. The van der Waals surface area contributed by atoms with E-state index in [1.54, 1.807) is 13.8 Å². The van der Waals surface area contributed by atoms with Gasteiger partial charge in [0.1, 0.15) is 13.1 Å². The summed E-state index contributed by atoms with van der Waals surface area (Å²) in [6.07, 6.45) is 0.625. The molecule has 0 aliphatic rings. The maximum absolute atomic E-state index is 11.7. The molecule has 7 heteroatoms. The van der Waals surface area contributed by atoms with Gasteiger partial charge in [0, 0.05) is 6.04 Å². The van der Waals surface area contributed by atoms with Crippen molar-refractivity contribution in [1.29, 1.82) is 0 Å². The van der Waals surface area contributed by atoms with Gasteiger partial charge in [0.25, 0.3) is 0 Å². The van der Waals surface area contributed by atoms with E-state index in [0.29, 0.717) is 6.42 Å². The number of ether oxygens (including phenoxy) is 1. The molecule has 0 aliphatic heterocycles. The van der Waals surface area contributed by atoms with E-state index in [1.165, 1.54) is 4.90 Å². The van der Waals surface area contributed by atoms with Crippen molar-refractivity contribution in [1.82, 2.24) is 10.2 Å². The number of aliphatic carboxylic acids is 1. The Bertz CT molecular complexity index is 306. The number of carbonyl (C=O) groups is 3. The van der Waals surface area contributed by atoms with Crippen LogP contribution in [-0.4, -0.2) is 53.7 Å². The summed E-state index contributed by atoms with van der Waals surface area (Å²) in [4.78, 5) is 34.6. The fourth-order valence-corrected chi connectivity index (χ4v) is 1.26. The van der Waals surface area contributed by atoms with Crippen LogP contribution in [0, 0.1) is 0 Å². The molecule has 104 valence electrons. The minimum absolute atomic E-state index is 0.219. The number of nitrogens with one attached hydrogen (secondary N) is 1. The van der Waals surface area contributed by atoms with Crippen LogP contribution in [0.15, 0.2) is 0 Å². The molecule has 0 heterocycles. The molecule has 0 aromatic carbocycles. The summed E-state index contributed by atoms with van der Waals surface area (Å²) < 4.78 is 4.65. The first kappa shape index (κ1) is 16.2. The lowest BCUT2D eigenvalue weighted by molar-refractivity contribution is -0.141. The van der Waals surface area contributed by atoms with Crippen LogP contribution in [0.4, 0.5) is 4.79 Å². The van der Waals surface area contributed by atoms with Crippen LogP contribution in [0.25, 0.3) is 0 Å².